The van der Waals surface area contributed by atoms with Crippen molar-refractivity contribution in [3.63, 3.8) is 0 Å². The highest BCUT2D eigenvalue weighted by Crippen LogP contribution is 2.21. The molecule has 2 N–H and O–H groups in total. The molecular weight excluding hydrogens is 306 g/mol. The second-order valence-electron chi connectivity index (χ2n) is 5.50. The molecule has 3 aromatic heterocycles. The first-order valence-electron chi connectivity index (χ1n) is 7.35. The van der Waals surface area contributed by atoms with E-state index in [9.17, 15) is 9.59 Å². The van der Waals surface area contributed by atoms with Crippen molar-refractivity contribution in [1.82, 2.24) is 19.6 Å². The van der Waals surface area contributed by atoms with Gasteiger partial charge in [0, 0.05) is 28.9 Å². The predicted molar refractivity (Wildman–Crippen MR) is 92.7 cm³/mol. The molecule has 1 aromatic carbocycles. The number of aromatic nitrogens is 4. The molecule has 118 valence electrons. The molecule has 0 unspecified atom stereocenters. The lowest BCUT2D eigenvalue weighted by atomic mass is 10.2. The molecule has 0 radical (unpaired) electrons. The Labute approximate surface area is 135 Å². The van der Waals surface area contributed by atoms with Gasteiger partial charge in [0.05, 0.1) is 11.7 Å². The summed E-state index contributed by atoms with van der Waals surface area (Å²) < 4.78 is 0.803. The Morgan fingerprint density at radius 3 is 2.83 bits per heavy atom. The normalized spacial score (nSPS) is 11.7. The molecule has 7 nitrogen and oxygen atoms in total. The fourth-order valence-corrected chi connectivity index (χ4v) is 2.64. The summed E-state index contributed by atoms with van der Waals surface area (Å²) in [5, 5.41) is 4.80. The molecule has 4 aromatic rings. The number of benzene rings is 1. The first-order chi connectivity index (χ1) is 11.6. The number of fused-ring (bicyclic) bond motifs is 3. The van der Waals surface area contributed by atoms with E-state index in [1.54, 1.807) is 24.5 Å². The zero-order chi connectivity index (χ0) is 16.7. The van der Waals surface area contributed by atoms with Crippen LogP contribution in [0.1, 0.15) is 11.1 Å². The topological polar surface area (TPSA) is 95.9 Å². The second kappa shape index (κ2) is 5.31. The Balaban J connectivity index is 1.95. The number of aromatic amines is 2. The van der Waals surface area contributed by atoms with E-state index in [0.717, 1.165) is 21.1 Å². The quantitative estimate of drug-likeness (QED) is 0.551. The van der Waals surface area contributed by atoms with Crippen molar-refractivity contribution in [3.05, 3.63) is 74.7 Å². The highest BCUT2D eigenvalue weighted by molar-refractivity contribution is 6.04. The summed E-state index contributed by atoms with van der Waals surface area (Å²) >= 11 is 0. The number of nitrogens with zero attached hydrogens (tertiary/aromatic N) is 3. The van der Waals surface area contributed by atoms with Gasteiger partial charge < -0.3 is 9.97 Å². The van der Waals surface area contributed by atoms with Crippen LogP contribution in [0.2, 0.25) is 0 Å². The number of rotatable bonds is 2. The molecule has 0 bridgehead atoms. The van der Waals surface area contributed by atoms with Crippen LogP contribution in [0.4, 0.5) is 0 Å². The number of hydrogen-bond acceptors (Lipinski definition) is 4. The predicted octanol–water partition coefficient (Wildman–Crippen LogP) is 1.76. The Hall–Kier alpha value is -3.48. The van der Waals surface area contributed by atoms with Gasteiger partial charge in [0.25, 0.3) is 0 Å². The van der Waals surface area contributed by atoms with E-state index in [0.29, 0.717) is 16.6 Å². The van der Waals surface area contributed by atoms with E-state index in [-0.39, 0.29) is 0 Å². The standard InChI is InChI=1S/C17H13N5O2/c1-10-4-5-13-12(7-10)14-15(20-13)16(23)22(17(24)21-14)19-9-11-3-2-6-18-8-11/h2-9,20H,1H3,(H,21,24). The Kier molecular flexibility index (Phi) is 3.13. The van der Waals surface area contributed by atoms with Crippen molar-refractivity contribution in [1.29, 1.82) is 0 Å². The molecule has 7 heteroatoms. The third kappa shape index (κ3) is 2.23. The van der Waals surface area contributed by atoms with Crippen molar-refractivity contribution >= 4 is 28.2 Å². The summed E-state index contributed by atoms with van der Waals surface area (Å²) in [5.74, 6) is 0. The highest BCUT2D eigenvalue weighted by atomic mass is 16.2. The summed E-state index contributed by atoms with van der Waals surface area (Å²) in [5.41, 5.74) is 2.25. The third-order valence-electron chi connectivity index (χ3n) is 3.79. The van der Waals surface area contributed by atoms with Crippen LogP contribution in [0.15, 0.2) is 57.4 Å². The van der Waals surface area contributed by atoms with Gasteiger partial charge in [0.15, 0.2) is 0 Å². The minimum absolute atomic E-state index is 0.318. The first kappa shape index (κ1) is 14.1. The van der Waals surface area contributed by atoms with Crippen LogP contribution in [0.3, 0.4) is 0 Å². The van der Waals surface area contributed by atoms with E-state index in [1.165, 1.54) is 6.21 Å². The van der Waals surface area contributed by atoms with E-state index < -0.39 is 11.2 Å². The van der Waals surface area contributed by atoms with Gasteiger partial charge in [-0.15, -0.1) is 4.68 Å². The molecule has 24 heavy (non-hydrogen) atoms. The zero-order valence-electron chi connectivity index (χ0n) is 12.8. The highest BCUT2D eigenvalue weighted by Gasteiger charge is 2.12. The van der Waals surface area contributed by atoms with Crippen LogP contribution in [-0.4, -0.2) is 25.8 Å². The van der Waals surface area contributed by atoms with Crippen LogP contribution in [0, 0.1) is 6.92 Å². The van der Waals surface area contributed by atoms with Crippen molar-refractivity contribution in [2.75, 3.05) is 0 Å². The Bertz CT molecular complexity index is 1200. The van der Waals surface area contributed by atoms with Crippen LogP contribution in [0.25, 0.3) is 21.9 Å². The monoisotopic (exact) mass is 319 g/mol. The number of H-pyrrole nitrogens is 2. The fraction of sp³-hybridized carbons (Fsp3) is 0.0588. The van der Waals surface area contributed by atoms with Gasteiger partial charge in [-0.1, -0.05) is 17.7 Å². The molecule has 0 aliphatic carbocycles. The van der Waals surface area contributed by atoms with Crippen molar-refractivity contribution in [2.45, 2.75) is 6.92 Å². The summed E-state index contributed by atoms with van der Waals surface area (Å²) in [7, 11) is 0. The van der Waals surface area contributed by atoms with Gasteiger partial charge in [0.2, 0.25) is 0 Å². The average Bonchev–Trinajstić information content (AvgIpc) is 2.94. The van der Waals surface area contributed by atoms with Crippen LogP contribution in [-0.2, 0) is 0 Å². The number of aryl methyl sites for hydroxylation is 1. The minimum Gasteiger partial charge on any atom is -0.349 e. The molecule has 0 fully saturated rings. The largest absolute Gasteiger partial charge is 0.350 e. The van der Waals surface area contributed by atoms with E-state index in [1.807, 2.05) is 25.1 Å². The van der Waals surface area contributed by atoms with Crippen molar-refractivity contribution in [3.8, 4) is 0 Å². The van der Waals surface area contributed by atoms with Crippen molar-refractivity contribution in [2.24, 2.45) is 5.10 Å². The number of nitrogens with one attached hydrogen (secondary N) is 2. The third-order valence-corrected chi connectivity index (χ3v) is 3.79. The summed E-state index contributed by atoms with van der Waals surface area (Å²) in [6.07, 6.45) is 4.64. The molecule has 0 amide bonds. The summed E-state index contributed by atoms with van der Waals surface area (Å²) in [6.45, 7) is 1.95. The maximum atomic E-state index is 12.6. The van der Waals surface area contributed by atoms with E-state index in [2.05, 4.69) is 20.1 Å². The number of hydrogen-bond donors (Lipinski definition) is 2. The molecule has 3 heterocycles. The minimum atomic E-state index is -0.588. The number of pyridine rings is 1. The smallest absolute Gasteiger partial charge is 0.349 e. The maximum Gasteiger partial charge on any atom is 0.350 e. The van der Waals surface area contributed by atoms with Crippen LogP contribution in [0.5, 0.6) is 0 Å². The van der Waals surface area contributed by atoms with Gasteiger partial charge in [0.1, 0.15) is 5.52 Å². The van der Waals surface area contributed by atoms with Crippen LogP contribution < -0.4 is 11.2 Å². The lowest BCUT2D eigenvalue weighted by Gasteiger charge is -1.98. The molecule has 4 rings (SSSR count). The second-order valence-corrected chi connectivity index (χ2v) is 5.50. The SMILES string of the molecule is Cc1ccc2[nH]c3c(=O)n(N=Cc4cccnc4)c(=O)[nH]c3c2c1. The lowest BCUT2D eigenvalue weighted by molar-refractivity contribution is 0.770. The van der Waals surface area contributed by atoms with Gasteiger partial charge >= 0.3 is 11.2 Å². The van der Waals surface area contributed by atoms with Crippen LogP contribution >= 0.6 is 0 Å². The maximum absolute atomic E-state index is 12.6. The van der Waals surface area contributed by atoms with Gasteiger partial charge in [-0.2, -0.15) is 5.10 Å². The van der Waals surface area contributed by atoms with E-state index in [4.69, 9.17) is 0 Å². The molecule has 0 saturated heterocycles. The van der Waals surface area contributed by atoms with E-state index >= 15 is 0 Å². The Morgan fingerprint density at radius 1 is 1.17 bits per heavy atom. The summed E-state index contributed by atoms with van der Waals surface area (Å²) in [4.78, 5) is 34.6. The first-order valence-corrected chi connectivity index (χ1v) is 7.35. The molecule has 0 aliphatic heterocycles. The Morgan fingerprint density at radius 2 is 2.04 bits per heavy atom. The molecular formula is C17H13N5O2. The molecule has 0 atom stereocenters. The zero-order valence-corrected chi connectivity index (χ0v) is 12.8. The molecule has 0 aliphatic rings. The lowest BCUT2D eigenvalue weighted by Crippen LogP contribution is -2.32. The van der Waals surface area contributed by atoms with Gasteiger partial charge in [-0.25, -0.2) is 4.79 Å². The van der Waals surface area contributed by atoms with Gasteiger partial charge in [-0.3, -0.25) is 9.78 Å². The van der Waals surface area contributed by atoms with Gasteiger partial charge in [-0.05, 0) is 25.1 Å². The summed E-state index contributed by atoms with van der Waals surface area (Å²) in [6, 6.07) is 9.27. The molecule has 0 saturated carbocycles. The molecule has 0 spiro atoms. The van der Waals surface area contributed by atoms with Crippen molar-refractivity contribution < 1.29 is 0 Å². The fourth-order valence-electron chi connectivity index (χ4n) is 2.64. The average molecular weight is 319 g/mol.